The first kappa shape index (κ1) is 13.2. The van der Waals surface area contributed by atoms with Crippen LogP contribution in [0, 0.1) is 5.92 Å². The molecule has 0 radical (unpaired) electrons. The molecule has 0 aromatic rings. The van der Waals surface area contributed by atoms with Crippen LogP contribution in [0.15, 0.2) is 0 Å². The van der Waals surface area contributed by atoms with Gasteiger partial charge >= 0.3 is 7.60 Å². The van der Waals surface area contributed by atoms with Crippen LogP contribution in [-0.2, 0) is 4.57 Å². The molecule has 0 bridgehead atoms. The molecule has 0 atom stereocenters. The second kappa shape index (κ2) is 4.59. The van der Waals surface area contributed by atoms with Crippen LogP contribution >= 0.6 is 7.60 Å². The van der Waals surface area contributed by atoms with Crippen molar-refractivity contribution in [2.45, 2.75) is 52.1 Å². The Morgan fingerprint density at radius 1 is 1.23 bits per heavy atom. The summed E-state index contributed by atoms with van der Waals surface area (Å²) < 4.78 is 11.3. The van der Waals surface area contributed by atoms with Crippen molar-refractivity contribution in [3.05, 3.63) is 0 Å². The van der Waals surface area contributed by atoms with Crippen molar-refractivity contribution in [2.75, 3.05) is 0 Å². The summed E-state index contributed by atoms with van der Waals surface area (Å²) in [4.78, 5) is 18.6. The molecule has 0 unspecified atom stereocenters. The van der Waals surface area contributed by atoms with E-state index in [4.69, 9.17) is 0 Å². The lowest BCUT2D eigenvalue weighted by atomic mass is 9.91. The minimum Gasteiger partial charge on any atom is -0.324 e. The molecular formula is C9H21O3P. The van der Waals surface area contributed by atoms with Crippen LogP contribution in [0.25, 0.3) is 0 Å². The highest BCUT2D eigenvalue weighted by Crippen LogP contribution is 2.57. The Morgan fingerprint density at radius 3 is 1.69 bits per heavy atom. The molecule has 0 heterocycles. The fraction of sp³-hybridized carbons (Fsp3) is 1.00. The molecular weight excluding hydrogens is 187 g/mol. The van der Waals surface area contributed by atoms with Gasteiger partial charge in [0.15, 0.2) is 0 Å². The van der Waals surface area contributed by atoms with Crippen molar-refractivity contribution in [3.8, 4) is 0 Å². The zero-order chi connectivity index (χ0) is 10.7. The fourth-order valence-corrected chi connectivity index (χ4v) is 3.26. The van der Waals surface area contributed by atoms with E-state index in [9.17, 15) is 14.4 Å². The highest BCUT2D eigenvalue weighted by Gasteiger charge is 2.43. The Bertz CT molecular complexity index is 191. The van der Waals surface area contributed by atoms with Gasteiger partial charge in [0, 0.05) is 0 Å². The topological polar surface area (TPSA) is 57.5 Å². The Morgan fingerprint density at radius 2 is 1.62 bits per heavy atom. The molecule has 0 aliphatic heterocycles. The van der Waals surface area contributed by atoms with E-state index < -0.39 is 12.8 Å². The van der Waals surface area contributed by atoms with Gasteiger partial charge in [-0.15, -0.1) is 0 Å². The van der Waals surface area contributed by atoms with Crippen molar-refractivity contribution in [3.63, 3.8) is 0 Å². The Labute approximate surface area is 80.7 Å². The second-order valence-corrected chi connectivity index (χ2v) is 6.11. The molecule has 3 nitrogen and oxygen atoms in total. The Kier molecular flexibility index (Phi) is 4.64. The van der Waals surface area contributed by atoms with Crippen LogP contribution in [0.5, 0.6) is 0 Å². The smallest absolute Gasteiger partial charge is 0.324 e. The van der Waals surface area contributed by atoms with Crippen LogP contribution in [0.1, 0.15) is 47.0 Å². The third-order valence-corrected chi connectivity index (χ3v) is 4.77. The van der Waals surface area contributed by atoms with Crippen LogP contribution < -0.4 is 0 Å². The molecule has 0 fully saturated rings. The maximum absolute atomic E-state index is 11.3. The first-order chi connectivity index (χ1) is 5.79. The van der Waals surface area contributed by atoms with Crippen molar-refractivity contribution in [2.24, 2.45) is 5.92 Å². The molecule has 13 heavy (non-hydrogen) atoms. The van der Waals surface area contributed by atoms with E-state index >= 15 is 0 Å². The lowest BCUT2D eigenvalue weighted by molar-refractivity contribution is 0.288. The van der Waals surface area contributed by atoms with E-state index in [0.717, 1.165) is 0 Å². The van der Waals surface area contributed by atoms with Gasteiger partial charge in [0.05, 0.1) is 5.16 Å². The second-order valence-electron chi connectivity index (χ2n) is 4.07. The summed E-state index contributed by atoms with van der Waals surface area (Å²) in [7, 11) is -3.96. The standard InChI is InChI=1S/C9H21O3P/c1-5-9(6-2,7-8(3)4)13(10,11)12/h8H,5-7H2,1-4H3,(H2,10,11,12). The van der Waals surface area contributed by atoms with Gasteiger partial charge in [-0.1, -0.05) is 27.7 Å². The first-order valence-electron chi connectivity index (χ1n) is 4.84. The molecule has 0 amide bonds. The maximum atomic E-state index is 11.3. The average Bonchev–Trinajstić information content (AvgIpc) is 1.97. The summed E-state index contributed by atoms with van der Waals surface area (Å²) in [5, 5.41) is -0.791. The summed E-state index contributed by atoms with van der Waals surface area (Å²) in [6.07, 6.45) is 1.70. The summed E-state index contributed by atoms with van der Waals surface area (Å²) in [5.41, 5.74) is 0. The van der Waals surface area contributed by atoms with Gasteiger partial charge in [-0.05, 0) is 25.2 Å². The van der Waals surface area contributed by atoms with Gasteiger partial charge in [0.1, 0.15) is 0 Å². The quantitative estimate of drug-likeness (QED) is 0.683. The minimum absolute atomic E-state index is 0.326. The van der Waals surface area contributed by atoms with Crippen LogP contribution in [0.3, 0.4) is 0 Å². The van der Waals surface area contributed by atoms with Crippen molar-refractivity contribution in [1.29, 1.82) is 0 Å². The third kappa shape index (κ3) is 3.08. The Hall–Kier alpha value is 0.150. The molecule has 4 heteroatoms. The summed E-state index contributed by atoms with van der Waals surface area (Å²) in [6.45, 7) is 7.70. The molecule has 0 aromatic heterocycles. The SMILES string of the molecule is CCC(CC)(CC(C)C)P(=O)(O)O. The monoisotopic (exact) mass is 208 g/mol. The molecule has 2 N–H and O–H groups in total. The minimum atomic E-state index is -3.96. The van der Waals surface area contributed by atoms with E-state index in [1.807, 2.05) is 27.7 Å². The molecule has 80 valence electrons. The van der Waals surface area contributed by atoms with Crippen molar-refractivity contribution < 1.29 is 14.4 Å². The molecule has 0 aliphatic rings. The van der Waals surface area contributed by atoms with Crippen molar-refractivity contribution >= 4 is 7.60 Å². The molecule has 0 rings (SSSR count). The summed E-state index contributed by atoms with van der Waals surface area (Å²) >= 11 is 0. The maximum Gasteiger partial charge on any atom is 0.331 e. The van der Waals surface area contributed by atoms with E-state index in [1.165, 1.54) is 0 Å². The van der Waals surface area contributed by atoms with E-state index in [1.54, 1.807) is 0 Å². The van der Waals surface area contributed by atoms with Crippen LogP contribution in [0.2, 0.25) is 0 Å². The molecule has 0 aromatic carbocycles. The van der Waals surface area contributed by atoms with Crippen molar-refractivity contribution in [1.82, 2.24) is 0 Å². The predicted octanol–water partition coefficient (Wildman–Crippen LogP) is 2.77. The molecule has 0 spiro atoms. The zero-order valence-electron chi connectivity index (χ0n) is 8.95. The number of hydrogen-bond acceptors (Lipinski definition) is 1. The predicted molar refractivity (Wildman–Crippen MR) is 54.8 cm³/mol. The number of hydrogen-bond donors (Lipinski definition) is 2. The Balaban J connectivity index is 4.82. The van der Waals surface area contributed by atoms with Crippen LogP contribution in [-0.4, -0.2) is 14.9 Å². The zero-order valence-corrected chi connectivity index (χ0v) is 9.84. The van der Waals surface area contributed by atoms with Gasteiger partial charge < -0.3 is 9.79 Å². The summed E-state index contributed by atoms with van der Waals surface area (Å²) in [5.74, 6) is 0.326. The van der Waals surface area contributed by atoms with Gasteiger partial charge in [-0.2, -0.15) is 0 Å². The van der Waals surface area contributed by atoms with E-state index in [2.05, 4.69) is 0 Å². The van der Waals surface area contributed by atoms with Gasteiger partial charge in [0.2, 0.25) is 0 Å². The lowest BCUT2D eigenvalue weighted by Crippen LogP contribution is -2.29. The highest BCUT2D eigenvalue weighted by atomic mass is 31.2. The highest BCUT2D eigenvalue weighted by molar-refractivity contribution is 7.53. The first-order valence-corrected chi connectivity index (χ1v) is 6.46. The van der Waals surface area contributed by atoms with Gasteiger partial charge in [-0.3, -0.25) is 4.57 Å². The van der Waals surface area contributed by atoms with Crippen LogP contribution in [0.4, 0.5) is 0 Å². The largest absolute Gasteiger partial charge is 0.331 e. The number of rotatable bonds is 5. The molecule has 0 saturated carbocycles. The average molecular weight is 208 g/mol. The molecule has 0 saturated heterocycles. The lowest BCUT2D eigenvalue weighted by Gasteiger charge is -2.33. The third-order valence-electron chi connectivity index (χ3n) is 2.72. The van der Waals surface area contributed by atoms with Gasteiger partial charge in [0.25, 0.3) is 0 Å². The normalized spacial score (nSPS) is 13.8. The van der Waals surface area contributed by atoms with E-state index in [-0.39, 0.29) is 0 Å². The summed E-state index contributed by atoms with van der Waals surface area (Å²) in [6, 6.07) is 0. The van der Waals surface area contributed by atoms with Gasteiger partial charge in [-0.25, -0.2) is 0 Å². The fourth-order valence-electron chi connectivity index (χ4n) is 1.83. The van der Waals surface area contributed by atoms with E-state index in [0.29, 0.717) is 25.2 Å². The molecule has 0 aliphatic carbocycles.